The number of pyridine rings is 1. The summed E-state index contributed by atoms with van der Waals surface area (Å²) < 4.78 is 18.3. The molecule has 6 nitrogen and oxygen atoms in total. The molecule has 0 radical (unpaired) electrons. The van der Waals surface area contributed by atoms with E-state index >= 15 is 0 Å². The van der Waals surface area contributed by atoms with Gasteiger partial charge in [-0.2, -0.15) is 0 Å². The number of rotatable bonds is 4. The Morgan fingerprint density at radius 3 is 2.68 bits per heavy atom. The predicted octanol–water partition coefficient (Wildman–Crippen LogP) is 1.34. The number of hydrogen-bond donors (Lipinski definition) is 0. The zero-order valence-electron chi connectivity index (χ0n) is 12.4. The highest BCUT2D eigenvalue weighted by Crippen LogP contribution is 2.18. The lowest BCUT2D eigenvalue weighted by atomic mass is 10.2. The van der Waals surface area contributed by atoms with Crippen LogP contribution in [0, 0.1) is 5.82 Å². The standard InChI is InChI=1S/C15H18FN5O/c1-22-15-7-14(18-11-19-15)21-4-2-20(3-5-21)10-12-6-13(16)9-17-8-12/h6-9,11H,2-5,10H2,1H3. The fourth-order valence-corrected chi connectivity index (χ4v) is 2.55. The third-order valence-electron chi connectivity index (χ3n) is 3.70. The van der Waals surface area contributed by atoms with Gasteiger partial charge in [0.05, 0.1) is 13.3 Å². The molecule has 0 spiro atoms. The van der Waals surface area contributed by atoms with Crippen molar-refractivity contribution < 1.29 is 9.13 Å². The third kappa shape index (κ3) is 3.48. The van der Waals surface area contributed by atoms with E-state index in [1.807, 2.05) is 6.07 Å². The summed E-state index contributed by atoms with van der Waals surface area (Å²) in [4.78, 5) is 16.7. The first-order valence-electron chi connectivity index (χ1n) is 7.17. The molecule has 1 fully saturated rings. The van der Waals surface area contributed by atoms with E-state index in [2.05, 4.69) is 24.8 Å². The summed E-state index contributed by atoms with van der Waals surface area (Å²) in [5.74, 6) is 1.15. The minimum absolute atomic E-state index is 0.288. The molecular formula is C15H18FN5O. The van der Waals surface area contributed by atoms with E-state index in [9.17, 15) is 4.39 Å². The van der Waals surface area contributed by atoms with Crippen LogP contribution in [0.1, 0.15) is 5.56 Å². The maximum Gasteiger partial charge on any atom is 0.218 e. The predicted molar refractivity (Wildman–Crippen MR) is 80.3 cm³/mol. The number of anilines is 1. The summed E-state index contributed by atoms with van der Waals surface area (Å²) in [5.41, 5.74) is 0.900. The average Bonchev–Trinajstić information content (AvgIpc) is 2.56. The first-order valence-corrected chi connectivity index (χ1v) is 7.17. The number of piperazine rings is 1. The minimum atomic E-state index is -0.288. The van der Waals surface area contributed by atoms with Crippen LogP contribution in [0.3, 0.4) is 0 Å². The fourth-order valence-electron chi connectivity index (χ4n) is 2.55. The maximum atomic E-state index is 13.2. The van der Waals surface area contributed by atoms with Gasteiger partial charge in [-0.25, -0.2) is 14.4 Å². The van der Waals surface area contributed by atoms with Crippen molar-refractivity contribution in [3.05, 3.63) is 42.2 Å². The second-order valence-corrected chi connectivity index (χ2v) is 5.19. The van der Waals surface area contributed by atoms with Crippen LogP contribution in [0.25, 0.3) is 0 Å². The van der Waals surface area contributed by atoms with Gasteiger partial charge >= 0.3 is 0 Å². The van der Waals surface area contributed by atoms with E-state index in [1.54, 1.807) is 13.3 Å². The van der Waals surface area contributed by atoms with Crippen molar-refractivity contribution >= 4 is 5.82 Å². The van der Waals surface area contributed by atoms with Crippen LogP contribution in [0.4, 0.5) is 10.2 Å². The van der Waals surface area contributed by atoms with Gasteiger partial charge in [-0.05, 0) is 11.6 Å². The largest absolute Gasteiger partial charge is 0.481 e. The Balaban J connectivity index is 1.58. The van der Waals surface area contributed by atoms with Crippen molar-refractivity contribution in [2.45, 2.75) is 6.54 Å². The molecule has 3 rings (SSSR count). The summed E-state index contributed by atoms with van der Waals surface area (Å²) >= 11 is 0. The summed E-state index contributed by atoms with van der Waals surface area (Å²) in [6.07, 6.45) is 4.45. The summed E-state index contributed by atoms with van der Waals surface area (Å²) in [6.45, 7) is 4.23. The van der Waals surface area contributed by atoms with Crippen molar-refractivity contribution in [2.75, 3.05) is 38.2 Å². The van der Waals surface area contributed by atoms with Crippen molar-refractivity contribution in [3.63, 3.8) is 0 Å². The molecule has 2 aromatic heterocycles. The topological polar surface area (TPSA) is 54.4 Å². The van der Waals surface area contributed by atoms with Crippen LogP contribution in [0.2, 0.25) is 0 Å². The van der Waals surface area contributed by atoms with Crippen molar-refractivity contribution in [3.8, 4) is 5.88 Å². The van der Waals surface area contributed by atoms with Crippen molar-refractivity contribution in [1.29, 1.82) is 0 Å². The SMILES string of the molecule is COc1cc(N2CCN(Cc3cncc(F)c3)CC2)ncn1. The lowest BCUT2D eigenvalue weighted by Crippen LogP contribution is -2.46. The first kappa shape index (κ1) is 14.6. The molecule has 0 aliphatic carbocycles. The molecule has 0 atom stereocenters. The van der Waals surface area contributed by atoms with Gasteiger partial charge in [-0.1, -0.05) is 0 Å². The van der Waals surface area contributed by atoms with Gasteiger partial charge in [0.15, 0.2) is 0 Å². The lowest BCUT2D eigenvalue weighted by Gasteiger charge is -2.35. The first-order chi connectivity index (χ1) is 10.7. The highest BCUT2D eigenvalue weighted by Gasteiger charge is 2.18. The normalized spacial score (nSPS) is 15.8. The second-order valence-electron chi connectivity index (χ2n) is 5.19. The molecule has 116 valence electrons. The fraction of sp³-hybridized carbons (Fsp3) is 0.400. The van der Waals surface area contributed by atoms with Gasteiger partial charge < -0.3 is 9.64 Å². The van der Waals surface area contributed by atoms with Gasteiger partial charge in [0.1, 0.15) is 18.0 Å². The molecule has 2 aromatic rings. The van der Waals surface area contributed by atoms with E-state index < -0.39 is 0 Å². The van der Waals surface area contributed by atoms with Crippen molar-refractivity contribution in [2.24, 2.45) is 0 Å². The van der Waals surface area contributed by atoms with Gasteiger partial charge in [-0.15, -0.1) is 0 Å². The Morgan fingerprint density at radius 2 is 1.95 bits per heavy atom. The molecule has 22 heavy (non-hydrogen) atoms. The number of aromatic nitrogens is 3. The summed E-state index contributed by atoms with van der Waals surface area (Å²) in [5, 5.41) is 0. The molecule has 7 heteroatoms. The molecular weight excluding hydrogens is 285 g/mol. The Hall–Kier alpha value is -2.28. The molecule has 0 amide bonds. The Bertz CT molecular complexity index is 631. The van der Waals surface area contributed by atoms with E-state index in [0.29, 0.717) is 12.4 Å². The Morgan fingerprint density at radius 1 is 1.14 bits per heavy atom. The van der Waals surface area contributed by atoms with Crippen LogP contribution in [-0.4, -0.2) is 53.1 Å². The van der Waals surface area contributed by atoms with Crippen LogP contribution in [0.15, 0.2) is 30.9 Å². The number of halogens is 1. The molecule has 1 aliphatic rings. The van der Waals surface area contributed by atoms with Crippen LogP contribution in [0.5, 0.6) is 5.88 Å². The van der Waals surface area contributed by atoms with Gasteiger partial charge in [0, 0.05) is 45.0 Å². The highest BCUT2D eigenvalue weighted by molar-refractivity contribution is 5.41. The van der Waals surface area contributed by atoms with Gasteiger partial charge in [0.25, 0.3) is 0 Å². The molecule has 0 saturated carbocycles. The monoisotopic (exact) mass is 303 g/mol. The van der Waals surface area contributed by atoms with E-state index in [1.165, 1.54) is 18.6 Å². The Labute approximate surface area is 128 Å². The number of methoxy groups -OCH3 is 1. The smallest absolute Gasteiger partial charge is 0.218 e. The zero-order chi connectivity index (χ0) is 15.4. The van der Waals surface area contributed by atoms with Crippen LogP contribution in [-0.2, 0) is 6.54 Å². The van der Waals surface area contributed by atoms with Crippen LogP contribution >= 0.6 is 0 Å². The quantitative estimate of drug-likeness (QED) is 0.849. The molecule has 0 bridgehead atoms. The van der Waals surface area contributed by atoms with Crippen LogP contribution < -0.4 is 9.64 Å². The third-order valence-corrected chi connectivity index (χ3v) is 3.70. The van der Waals surface area contributed by atoms with Gasteiger partial charge in [-0.3, -0.25) is 9.88 Å². The number of ether oxygens (including phenoxy) is 1. The Kier molecular flexibility index (Phi) is 4.43. The lowest BCUT2D eigenvalue weighted by molar-refractivity contribution is 0.248. The van der Waals surface area contributed by atoms with Gasteiger partial charge in [0.2, 0.25) is 5.88 Å². The minimum Gasteiger partial charge on any atom is -0.481 e. The molecule has 1 aliphatic heterocycles. The zero-order valence-corrected chi connectivity index (χ0v) is 12.4. The maximum absolute atomic E-state index is 13.2. The number of nitrogens with zero attached hydrogens (tertiary/aromatic N) is 5. The number of hydrogen-bond acceptors (Lipinski definition) is 6. The van der Waals surface area contributed by atoms with E-state index in [4.69, 9.17) is 4.74 Å². The molecule has 0 aromatic carbocycles. The molecule has 0 N–H and O–H groups in total. The summed E-state index contributed by atoms with van der Waals surface area (Å²) in [7, 11) is 1.59. The summed E-state index contributed by atoms with van der Waals surface area (Å²) in [6, 6.07) is 3.38. The van der Waals surface area contributed by atoms with E-state index in [-0.39, 0.29) is 5.82 Å². The van der Waals surface area contributed by atoms with E-state index in [0.717, 1.165) is 37.6 Å². The highest BCUT2D eigenvalue weighted by atomic mass is 19.1. The molecule has 0 unspecified atom stereocenters. The molecule has 3 heterocycles. The second kappa shape index (κ2) is 6.65. The molecule has 1 saturated heterocycles. The average molecular weight is 303 g/mol. The van der Waals surface area contributed by atoms with Crippen molar-refractivity contribution in [1.82, 2.24) is 19.9 Å².